The van der Waals surface area contributed by atoms with E-state index in [-0.39, 0.29) is 0 Å². The summed E-state index contributed by atoms with van der Waals surface area (Å²) in [6.07, 6.45) is 0. The van der Waals surface area contributed by atoms with Crippen molar-refractivity contribution in [3.8, 4) is 5.75 Å². The van der Waals surface area contributed by atoms with Crippen molar-refractivity contribution >= 4 is 28.0 Å². The van der Waals surface area contributed by atoms with E-state index in [1.54, 1.807) is 0 Å². The van der Waals surface area contributed by atoms with Crippen molar-refractivity contribution in [1.29, 1.82) is 0 Å². The molecule has 0 saturated carbocycles. The maximum Gasteiger partial charge on any atom is 0.120 e. The van der Waals surface area contributed by atoms with E-state index in [4.69, 9.17) is 22.7 Å². The van der Waals surface area contributed by atoms with Crippen LogP contribution in [0.3, 0.4) is 0 Å². The number of ether oxygens (including phenoxy) is 1. The smallest absolute Gasteiger partial charge is 0.120 e. The Morgan fingerprint density at radius 1 is 1.42 bits per heavy atom. The van der Waals surface area contributed by atoms with Crippen LogP contribution in [0.5, 0.6) is 5.75 Å². The van der Waals surface area contributed by atoms with Gasteiger partial charge in [-0.3, -0.25) is 9.11 Å². The van der Waals surface area contributed by atoms with Crippen LogP contribution < -0.4 is 10.5 Å². The lowest BCUT2D eigenvalue weighted by atomic mass is 10.2. The second kappa shape index (κ2) is 6.98. The Morgan fingerprint density at radius 3 is 2.84 bits per heavy atom. The minimum Gasteiger partial charge on any atom is -0.492 e. The predicted molar refractivity (Wildman–Crippen MR) is 82.1 cm³/mol. The van der Waals surface area contributed by atoms with Crippen molar-refractivity contribution in [2.24, 2.45) is 5.73 Å². The number of hydrogen-bond donors (Lipinski definition) is 1. The van der Waals surface area contributed by atoms with E-state index in [9.17, 15) is 4.21 Å². The maximum atomic E-state index is 11.2. The topological polar surface area (TPSA) is 55.6 Å². The summed E-state index contributed by atoms with van der Waals surface area (Å²) in [6, 6.07) is 7.50. The van der Waals surface area contributed by atoms with Crippen molar-refractivity contribution in [3.05, 3.63) is 29.8 Å². The van der Waals surface area contributed by atoms with Crippen LogP contribution in [-0.4, -0.2) is 51.8 Å². The third kappa shape index (κ3) is 4.56. The minimum absolute atomic E-state index is 0.379. The summed E-state index contributed by atoms with van der Waals surface area (Å²) in [4.78, 5) is 2.66. The molecule has 2 N–H and O–H groups in total. The summed E-state index contributed by atoms with van der Waals surface area (Å²) in [5.74, 6) is 2.33. The summed E-state index contributed by atoms with van der Waals surface area (Å²) in [5.41, 5.74) is 6.40. The van der Waals surface area contributed by atoms with E-state index in [0.29, 0.717) is 11.6 Å². The summed E-state index contributed by atoms with van der Waals surface area (Å²) < 4.78 is 16.9. The first-order valence-electron chi connectivity index (χ1n) is 6.25. The first kappa shape index (κ1) is 14.4. The fourth-order valence-corrected chi connectivity index (χ4v) is 3.19. The Hall–Kier alpha value is -0.980. The Balaban J connectivity index is 1.78. The van der Waals surface area contributed by atoms with E-state index in [1.807, 2.05) is 24.3 Å². The highest BCUT2D eigenvalue weighted by molar-refractivity contribution is 7.85. The zero-order valence-corrected chi connectivity index (χ0v) is 12.3. The Bertz CT molecular complexity index is 469. The predicted octanol–water partition coefficient (Wildman–Crippen LogP) is 0.764. The zero-order chi connectivity index (χ0) is 13.7. The van der Waals surface area contributed by atoms with Gasteiger partial charge in [0.25, 0.3) is 0 Å². The molecule has 0 aliphatic carbocycles. The molecule has 0 aromatic heterocycles. The molecule has 1 aromatic carbocycles. The Kier molecular flexibility index (Phi) is 5.30. The number of rotatable bonds is 5. The molecule has 2 rings (SSSR count). The SMILES string of the molecule is NC(=S)c1cccc(OCCN2CCS(=O)CC2)c1. The number of nitrogens with two attached hydrogens (primary N) is 1. The van der Waals surface area contributed by atoms with Crippen LogP contribution in [0, 0.1) is 0 Å². The molecule has 1 saturated heterocycles. The average Bonchev–Trinajstić information content (AvgIpc) is 2.41. The molecular weight excluding hydrogens is 280 g/mol. The highest BCUT2D eigenvalue weighted by Gasteiger charge is 2.14. The van der Waals surface area contributed by atoms with Gasteiger partial charge in [0.1, 0.15) is 17.3 Å². The van der Waals surface area contributed by atoms with Gasteiger partial charge in [-0.15, -0.1) is 0 Å². The van der Waals surface area contributed by atoms with E-state index in [1.165, 1.54) is 0 Å². The van der Waals surface area contributed by atoms with Gasteiger partial charge in [0.05, 0.1) is 0 Å². The molecular formula is C13H18N2O2S2. The first-order chi connectivity index (χ1) is 9.15. The van der Waals surface area contributed by atoms with E-state index < -0.39 is 10.8 Å². The molecule has 19 heavy (non-hydrogen) atoms. The molecule has 0 spiro atoms. The molecule has 1 fully saturated rings. The van der Waals surface area contributed by atoms with Gasteiger partial charge in [0, 0.05) is 47.5 Å². The quantitative estimate of drug-likeness (QED) is 0.814. The average molecular weight is 298 g/mol. The third-order valence-corrected chi connectivity index (χ3v) is 4.58. The second-order valence-electron chi connectivity index (χ2n) is 4.43. The van der Waals surface area contributed by atoms with Gasteiger partial charge in [-0.05, 0) is 12.1 Å². The number of benzene rings is 1. The van der Waals surface area contributed by atoms with E-state index in [2.05, 4.69) is 4.90 Å². The maximum absolute atomic E-state index is 11.2. The molecule has 0 unspecified atom stereocenters. The van der Waals surface area contributed by atoms with Gasteiger partial charge in [-0.1, -0.05) is 24.4 Å². The van der Waals surface area contributed by atoms with Gasteiger partial charge in [-0.2, -0.15) is 0 Å². The van der Waals surface area contributed by atoms with Crippen molar-refractivity contribution < 1.29 is 8.95 Å². The van der Waals surface area contributed by atoms with Gasteiger partial charge in [-0.25, -0.2) is 0 Å². The molecule has 0 amide bonds. The molecule has 1 heterocycles. The van der Waals surface area contributed by atoms with Crippen LogP contribution in [0.4, 0.5) is 0 Å². The van der Waals surface area contributed by atoms with Gasteiger partial charge in [0.2, 0.25) is 0 Å². The lowest BCUT2D eigenvalue weighted by molar-refractivity contribution is 0.221. The molecule has 104 valence electrons. The van der Waals surface area contributed by atoms with Gasteiger partial charge < -0.3 is 10.5 Å². The lowest BCUT2D eigenvalue weighted by Crippen LogP contribution is -2.39. The van der Waals surface area contributed by atoms with E-state index >= 15 is 0 Å². The van der Waals surface area contributed by atoms with Crippen molar-refractivity contribution in [1.82, 2.24) is 4.90 Å². The molecule has 4 nitrogen and oxygen atoms in total. The second-order valence-corrected chi connectivity index (χ2v) is 6.57. The summed E-state index contributed by atoms with van der Waals surface area (Å²) in [7, 11) is -0.622. The molecule has 1 aliphatic heterocycles. The fraction of sp³-hybridized carbons (Fsp3) is 0.462. The lowest BCUT2D eigenvalue weighted by Gasteiger charge is -2.25. The van der Waals surface area contributed by atoms with Crippen molar-refractivity contribution in [3.63, 3.8) is 0 Å². The van der Waals surface area contributed by atoms with Crippen molar-refractivity contribution in [2.45, 2.75) is 0 Å². The zero-order valence-electron chi connectivity index (χ0n) is 10.7. The standard InChI is InChI=1S/C13H18N2O2S2/c14-13(18)11-2-1-3-12(10-11)17-7-4-15-5-8-19(16)9-6-15/h1-3,10H,4-9H2,(H2,14,18). The van der Waals surface area contributed by atoms with Crippen molar-refractivity contribution in [2.75, 3.05) is 37.7 Å². The Morgan fingerprint density at radius 2 is 2.16 bits per heavy atom. The molecule has 1 aliphatic rings. The largest absolute Gasteiger partial charge is 0.492 e. The summed E-state index contributed by atoms with van der Waals surface area (Å²) >= 11 is 4.93. The van der Waals surface area contributed by atoms with Crippen LogP contribution in [0.2, 0.25) is 0 Å². The van der Waals surface area contributed by atoms with Gasteiger partial charge in [0.15, 0.2) is 0 Å². The Labute approximate surface area is 121 Å². The van der Waals surface area contributed by atoms with Crippen LogP contribution in [0.25, 0.3) is 0 Å². The molecule has 0 radical (unpaired) electrons. The minimum atomic E-state index is -0.622. The number of nitrogens with zero attached hydrogens (tertiary/aromatic N) is 1. The third-order valence-electron chi connectivity index (χ3n) is 3.07. The van der Waals surface area contributed by atoms with Crippen LogP contribution in [0.1, 0.15) is 5.56 Å². The molecule has 6 heteroatoms. The van der Waals surface area contributed by atoms with E-state index in [0.717, 1.165) is 42.5 Å². The molecule has 1 aromatic rings. The fourth-order valence-electron chi connectivity index (χ4n) is 1.93. The molecule has 0 bridgehead atoms. The molecule has 0 atom stereocenters. The van der Waals surface area contributed by atoms with Crippen LogP contribution in [-0.2, 0) is 10.8 Å². The monoisotopic (exact) mass is 298 g/mol. The highest BCUT2D eigenvalue weighted by Crippen LogP contribution is 2.13. The van der Waals surface area contributed by atoms with Crippen LogP contribution >= 0.6 is 12.2 Å². The normalized spacial score (nSPS) is 17.3. The van der Waals surface area contributed by atoms with Crippen LogP contribution in [0.15, 0.2) is 24.3 Å². The number of thiocarbonyl (C=S) groups is 1. The number of hydrogen-bond acceptors (Lipinski definition) is 4. The highest BCUT2D eigenvalue weighted by atomic mass is 32.2. The summed E-state index contributed by atoms with van der Waals surface area (Å²) in [6.45, 7) is 3.26. The summed E-state index contributed by atoms with van der Waals surface area (Å²) in [5, 5.41) is 0. The first-order valence-corrected chi connectivity index (χ1v) is 8.15. The van der Waals surface area contributed by atoms with Gasteiger partial charge >= 0.3 is 0 Å².